The third-order valence-corrected chi connectivity index (χ3v) is 6.16. The van der Waals surface area contributed by atoms with Crippen LogP contribution in [-0.4, -0.2) is 5.78 Å². The largest absolute Gasteiger partial charge is 0.299 e. The Morgan fingerprint density at radius 3 is 2.57 bits per heavy atom. The highest BCUT2D eigenvalue weighted by molar-refractivity contribution is 5.81. The Balaban J connectivity index is 1.53. The summed E-state index contributed by atoms with van der Waals surface area (Å²) in [5.41, 5.74) is 5.37. The standard InChI is InChI=1S/C27H34O/c1-3-25(20-27(28)19-24-13-7-9-21(2)17-24)26-14-8-12-23(15-16-26)18-22-10-5-4-6-11-22/h4-7,9-11,13-14,17,23,25H,3,8,12,15-16,18-20H2,1-2H3. The van der Waals surface area contributed by atoms with Gasteiger partial charge in [0.15, 0.2) is 0 Å². The molecule has 1 heteroatoms. The minimum Gasteiger partial charge on any atom is -0.299 e. The van der Waals surface area contributed by atoms with Crippen molar-refractivity contribution >= 4 is 5.78 Å². The summed E-state index contributed by atoms with van der Waals surface area (Å²) in [6, 6.07) is 19.2. The SMILES string of the molecule is CCC(CC(=O)Cc1cccc(C)c1)C1=CCCC(Cc2ccccc2)CC1. The molecule has 0 spiro atoms. The molecule has 0 N–H and O–H groups in total. The third-order valence-electron chi connectivity index (χ3n) is 6.16. The Hall–Kier alpha value is -2.15. The number of carbonyl (C=O) groups is 1. The van der Waals surface area contributed by atoms with Gasteiger partial charge in [-0.1, -0.05) is 78.7 Å². The van der Waals surface area contributed by atoms with Gasteiger partial charge in [-0.25, -0.2) is 0 Å². The van der Waals surface area contributed by atoms with Gasteiger partial charge in [-0.05, 0) is 68.4 Å². The second-order valence-corrected chi connectivity index (χ2v) is 8.46. The molecule has 0 fully saturated rings. The molecule has 1 aliphatic carbocycles. The maximum atomic E-state index is 12.7. The fourth-order valence-corrected chi connectivity index (χ4v) is 4.58. The summed E-state index contributed by atoms with van der Waals surface area (Å²) < 4.78 is 0. The van der Waals surface area contributed by atoms with E-state index in [1.165, 1.54) is 36.0 Å². The molecular weight excluding hydrogens is 340 g/mol. The van der Waals surface area contributed by atoms with E-state index in [0.717, 1.165) is 30.7 Å². The van der Waals surface area contributed by atoms with Crippen molar-refractivity contribution in [3.63, 3.8) is 0 Å². The van der Waals surface area contributed by atoms with Crippen molar-refractivity contribution in [1.82, 2.24) is 0 Å². The quantitative estimate of drug-likeness (QED) is 0.460. The Bertz CT molecular complexity index is 787. The average molecular weight is 375 g/mol. The van der Waals surface area contributed by atoms with Crippen LogP contribution in [0.25, 0.3) is 0 Å². The van der Waals surface area contributed by atoms with E-state index in [4.69, 9.17) is 0 Å². The summed E-state index contributed by atoms with van der Waals surface area (Å²) in [6.07, 6.45) is 10.8. The van der Waals surface area contributed by atoms with Crippen LogP contribution in [0.3, 0.4) is 0 Å². The van der Waals surface area contributed by atoms with Gasteiger partial charge < -0.3 is 0 Å². The molecular formula is C27H34O. The molecule has 0 amide bonds. The van der Waals surface area contributed by atoms with Gasteiger partial charge in [0.25, 0.3) is 0 Å². The van der Waals surface area contributed by atoms with E-state index in [1.807, 2.05) is 0 Å². The van der Waals surface area contributed by atoms with Gasteiger partial charge in [0, 0.05) is 12.8 Å². The number of aryl methyl sites for hydroxylation is 1. The molecule has 2 atom stereocenters. The summed E-state index contributed by atoms with van der Waals surface area (Å²) in [5.74, 6) is 1.56. The lowest BCUT2D eigenvalue weighted by atomic mass is 9.85. The summed E-state index contributed by atoms with van der Waals surface area (Å²) in [7, 11) is 0. The molecule has 1 aliphatic rings. The molecule has 3 rings (SSSR count). The number of carbonyl (C=O) groups excluding carboxylic acids is 1. The zero-order chi connectivity index (χ0) is 19.8. The van der Waals surface area contributed by atoms with Gasteiger partial charge in [0.2, 0.25) is 0 Å². The van der Waals surface area contributed by atoms with Crippen molar-refractivity contribution in [2.24, 2.45) is 11.8 Å². The van der Waals surface area contributed by atoms with Gasteiger partial charge in [-0.3, -0.25) is 4.79 Å². The van der Waals surface area contributed by atoms with E-state index in [-0.39, 0.29) is 0 Å². The van der Waals surface area contributed by atoms with Crippen LogP contribution in [0.15, 0.2) is 66.2 Å². The molecule has 148 valence electrons. The van der Waals surface area contributed by atoms with Crippen molar-refractivity contribution in [1.29, 1.82) is 0 Å². The highest BCUT2D eigenvalue weighted by atomic mass is 16.1. The molecule has 0 aliphatic heterocycles. The monoisotopic (exact) mass is 374 g/mol. The van der Waals surface area contributed by atoms with Crippen LogP contribution in [-0.2, 0) is 17.6 Å². The molecule has 2 aromatic rings. The van der Waals surface area contributed by atoms with Crippen molar-refractivity contribution in [2.75, 3.05) is 0 Å². The first-order valence-electron chi connectivity index (χ1n) is 10.9. The molecule has 0 saturated heterocycles. The molecule has 28 heavy (non-hydrogen) atoms. The van der Waals surface area contributed by atoms with Gasteiger partial charge in [-0.2, -0.15) is 0 Å². The number of rotatable bonds is 8. The second kappa shape index (κ2) is 10.4. The predicted octanol–water partition coefficient (Wildman–Crippen LogP) is 6.88. The first kappa shape index (κ1) is 20.6. The smallest absolute Gasteiger partial charge is 0.137 e. The van der Waals surface area contributed by atoms with E-state index in [2.05, 4.69) is 74.5 Å². The summed E-state index contributed by atoms with van der Waals surface area (Å²) >= 11 is 0. The molecule has 0 radical (unpaired) electrons. The number of Topliss-reactive ketones (excluding diaryl/α,β-unsaturated/α-hetero) is 1. The fraction of sp³-hybridized carbons (Fsp3) is 0.444. The lowest BCUT2D eigenvalue weighted by Crippen LogP contribution is -2.13. The van der Waals surface area contributed by atoms with Gasteiger partial charge in [0.1, 0.15) is 5.78 Å². The molecule has 2 aromatic carbocycles. The summed E-state index contributed by atoms with van der Waals surface area (Å²) in [4.78, 5) is 12.7. The third kappa shape index (κ3) is 6.19. The average Bonchev–Trinajstić information content (AvgIpc) is 2.92. The molecule has 2 unspecified atom stereocenters. The van der Waals surface area contributed by atoms with Crippen molar-refractivity contribution in [2.45, 2.75) is 65.2 Å². The van der Waals surface area contributed by atoms with Crippen molar-refractivity contribution in [3.8, 4) is 0 Å². The molecule has 0 heterocycles. The van der Waals surface area contributed by atoms with E-state index in [0.29, 0.717) is 24.5 Å². The van der Waals surface area contributed by atoms with Crippen LogP contribution in [0.2, 0.25) is 0 Å². The number of benzene rings is 2. The van der Waals surface area contributed by atoms with Crippen LogP contribution in [0.5, 0.6) is 0 Å². The Morgan fingerprint density at radius 2 is 1.82 bits per heavy atom. The topological polar surface area (TPSA) is 17.1 Å². The van der Waals surface area contributed by atoms with Crippen LogP contribution >= 0.6 is 0 Å². The summed E-state index contributed by atoms with van der Waals surface area (Å²) in [5, 5.41) is 0. The van der Waals surface area contributed by atoms with Crippen LogP contribution in [0.1, 0.15) is 62.1 Å². The van der Waals surface area contributed by atoms with Gasteiger partial charge >= 0.3 is 0 Å². The number of hydrogen-bond donors (Lipinski definition) is 0. The first-order chi connectivity index (χ1) is 13.6. The van der Waals surface area contributed by atoms with Crippen LogP contribution in [0.4, 0.5) is 0 Å². The van der Waals surface area contributed by atoms with Crippen LogP contribution in [0, 0.1) is 18.8 Å². The Labute approximate surface area is 170 Å². The van der Waals surface area contributed by atoms with E-state index >= 15 is 0 Å². The van der Waals surface area contributed by atoms with E-state index in [1.54, 1.807) is 0 Å². The second-order valence-electron chi connectivity index (χ2n) is 8.46. The number of allylic oxidation sites excluding steroid dienone is 2. The minimum absolute atomic E-state index is 0.378. The van der Waals surface area contributed by atoms with Crippen molar-refractivity contribution in [3.05, 3.63) is 82.9 Å². The highest BCUT2D eigenvalue weighted by Gasteiger charge is 2.21. The van der Waals surface area contributed by atoms with Gasteiger partial charge in [-0.15, -0.1) is 0 Å². The Kier molecular flexibility index (Phi) is 7.65. The lowest BCUT2D eigenvalue weighted by molar-refractivity contribution is -0.119. The zero-order valence-corrected chi connectivity index (χ0v) is 17.5. The minimum atomic E-state index is 0.378. The van der Waals surface area contributed by atoms with Crippen LogP contribution < -0.4 is 0 Å². The van der Waals surface area contributed by atoms with E-state index in [9.17, 15) is 4.79 Å². The maximum absolute atomic E-state index is 12.7. The summed E-state index contributed by atoms with van der Waals surface area (Å²) in [6.45, 7) is 4.32. The maximum Gasteiger partial charge on any atom is 0.137 e. The normalized spacial score (nSPS) is 18.2. The van der Waals surface area contributed by atoms with Crippen molar-refractivity contribution < 1.29 is 4.79 Å². The lowest BCUT2D eigenvalue weighted by Gasteiger charge is -2.19. The first-order valence-corrected chi connectivity index (χ1v) is 10.9. The number of ketones is 1. The molecule has 0 saturated carbocycles. The number of hydrogen-bond acceptors (Lipinski definition) is 1. The predicted molar refractivity (Wildman–Crippen MR) is 118 cm³/mol. The molecule has 0 bridgehead atoms. The highest BCUT2D eigenvalue weighted by Crippen LogP contribution is 2.32. The van der Waals surface area contributed by atoms with Gasteiger partial charge in [0.05, 0.1) is 0 Å². The fourth-order valence-electron chi connectivity index (χ4n) is 4.58. The molecule has 1 nitrogen and oxygen atoms in total. The zero-order valence-electron chi connectivity index (χ0n) is 17.5. The van der Waals surface area contributed by atoms with E-state index < -0.39 is 0 Å². The Morgan fingerprint density at radius 1 is 1.04 bits per heavy atom. The molecule has 0 aromatic heterocycles.